The number of likely N-dealkylation sites (tertiary alicyclic amines) is 1. The van der Waals surface area contributed by atoms with Crippen LogP contribution in [0, 0.1) is 13.8 Å². The number of nitrogens with zero attached hydrogens (tertiary/aromatic N) is 4. The first kappa shape index (κ1) is 23.4. The highest BCUT2D eigenvalue weighted by Gasteiger charge is 2.25. The van der Waals surface area contributed by atoms with E-state index in [4.69, 9.17) is 4.74 Å². The van der Waals surface area contributed by atoms with Crippen molar-refractivity contribution in [3.05, 3.63) is 65.5 Å². The first-order chi connectivity index (χ1) is 15.9. The molecule has 0 radical (unpaired) electrons. The molecule has 0 spiro atoms. The summed E-state index contributed by atoms with van der Waals surface area (Å²) in [7, 11) is 0. The van der Waals surface area contributed by atoms with Crippen LogP contribution in [0.5, 0.6) is 5.75 Å². The average Bonchev–Trinajstić information content (AvgIpc) is 3.29. The fourth-order valence-electron chi connectivity index (χ4n) is 4.11. The lowest BCUT2D eigenvalue weighted by Gasteiger charge is -2.32. The molecule has 0 saturated carbocycles. The second-order valence-corrected chi connectivity index (χ2v) is 9.88. The van der Waals surface area contributed by atoms with Gasteiger partial charge < -0.3 is 9.64 Å². The molecule has 0 unspecified atom stereocenters. The summed E-state index contributed by atoms with van der Waals surface area (Å²) in [4.78, 5) is 14.8. The Bertz CT molecular complexity index is 1070. The Balaban J connectivity index is 1.30. The molecular weight excluding hydrogens is 432 g/mol. The molecule has 2 heterocycles. The third kappa shape index (κ3) is 5.58. The van der Waals surface area contributed by atoms with Crippen LogP contribution in [0.4, 0.5) is 0 Å². The van der Waals surface area contributed by atoms with Gasteiger partial charge in [0.1, 0.15) is 18.2 Å². The lowest BCUT2D eigenvalue weighted by Crippen LogP contribution is -2.42. The number of aromatic nitrogens is 3. The number of hydrogen-bond donors (Lipinski definition) is 0. The molecular formula is C26H32N4O2S. The predicted octanol–water partition coefficient (Wildman–Crippen LogP) is 5.17. The van der Waals surface area contributed by atoms with E-state index in [0.717, 1.165) is 53.7 Å². The number of piperidine rings is 1. The topological polar surface area (TPSA) is 60.2 Å². The lowest BCUT2D eigenvalue weighted by molar-refractivity contribution is -0.130. The van der Waals surface area contributed by atoms with Gasteiger partial charge in [0.25, 0.3) is 0 Å². The van der Waals surface area contributed by atoms with E-state index in [2.05, 4.69) is 80.4 Å². The van der Waals surface area contributed by atoms with Crippen LogP contribution in [0.3, 0.4) is 0 Å². The summed E-state index contributed by atoms with van der Waals surface area (Å²) >= 11 is 1.44. The Kier molecular flexibility index (Phi) is 7.38. The lowest BCUT2D eigenvalue weighted by atomic mass is 10.0. The molecule has 33 heavy (non-hydrogen) atoms. The van der Waals surface area contributed by atoms with Crippen molar-refractivity contribution in [1.29, 1.82) is 0 Å². The number of rotatable bonds is 7. The van der Waals surface area contributed by atoms with E-state index < -0.39 is 0 Å². The van der Waals surface area contributed by atoms with Crippen LogP contribution in [0.15, 0.2) is 53.9 Å². The molecule has 174 valence electrons. The number of thioether (sulfide) groups is 1. The fourth-order valence-corrected chi connectivity index (χ4v) is 4.94. The predicted molar refractivity (Wildman–Crippen MR) is 132 cm³/mol. The monoisotopic (exact) mass is 464 g/mol. The molecule has 1 fully saturated rings. The van der Waals surface area contributed by atoms with Gasteiger partial charge in [0.2, 0.25) is 5.91 Å². The van der Waals surface area contributed by atoms with Crippen molar-refractivity contribution in [3.8, 4) is 11.4 Å². The molecule has 4 rings (SSSR count). The maximum Gasteiger partial charge on any atom is 0.233 e. The number of benzene rings is 2. The first-order valence-corrected chi connectivity index (χ1v) is 12.5. The van der Waals surface area contributed by atoms with Crippen LogP contribution in [0.1, 0.15) is 49.3 Å². The van der Waals surface area contributed by atoms with E-state index in [-0.39, 0.29) is 12.0 Å². The van der Waals surface area contributed by atoms with Gasteiger partial charge in [-0.05, 0) is 48.6 Å². The van der Waals surface area contributed by atoms with Crippen molar-refractivity contribution >= 4 is 17.7 Å². The molecule has 1 aromatic heterocycles. The third-order valence-electron chi connectivity index (χ3n) is 6.17. The summed E-state index contributed by atoms with van der Waals surface area (Å²) in [6.07, 6.45) is 3.55. The van der Waals surface area contributed by atoms with Crippen molar-refractivity contribution in [3.63, 3.8) is 0 Å². The summed E-state index contributed by atoms with van der Waals surface area (Å²) < 4.78 is 8.22. The highest BCUT2D eigenvalue weighted by atomic mass is 32.2. The van der Waals surface area contributed by atoms with Crippen molar-refractivity contribution in [2.24, 2.45) is 0 Å². The minimum atomic E-state index is 0.134. The minimum Gasteiger partial charge on any atom is -0.490 e. The normalized spacial score (nSPS) is 14.6. The third-order valence-corrected chi connectivity index (χ3v) is 7.09. The second kappa shape index (κ2) is 10.4. The van der Waals surface area contributed by atoms with Crippen LogP contribution >= 0.6 is 11.8 Å². The van der Waals surface area contributed by atoms with Crippen molar-refractivity contribution in [1.82, 2.24) is 19.7 Å². The molecule has 6 nitrogen and oxygen atoms in total. The molecule has 0 aliphatic carbocycles. The minimum absolute atomic E-state index is 0.134. The molecule has 1 aliphatic rings. The van der Waals surface area contributed by atoms with Gasteiger partial charge in [0.15, 0.2) is 5.16 Å². The zero-order chi connectivity index (χ0) is 23.4. The van der Waals surface area contributed by atoms with Crippen LogP contribution in [0.25, 0.3) is 5.69 Å². The molecule has 7 heteroatoms. The van der Waals surface area contributed by atoms with Crippen molar-refractivity contribution < 1.29 is 9.53 Å². The number of hydrogen-bond acceptors (Lipinski definition) is 5. The number of aryl methyl sites for hydroxylation is 2. The van der Waals surface area contributed by atoms with Gasteiger partial charge >= 0.3 is 0 Å². The number of carbonyl (C=O) groups excluding carboxylic acids is 1. The second-order valence-electron chi connectivity index (χ2n) is 8.94. The van der Waals surface area contributed by atoms with Crippen LogP contribution in [-0.4, -0.2) is 50.5 Å². The highest BCUT2D eigenvalue weighted by Crippen LogP contribution is 2.27. The van der Waals surface area contributed by atoms with E-state index >= 15 is 0 Å². The van der Waals surface area contributed by atoms with Gasteiger partial charge in [-0.15, -0.1) is 10.2 Å². The molecule has 1 aliphatic heterocycles. The van der Waals surface area contributed by atoms with Gasteiger partial charge in [-0.3, -0.25) is 9.36 Å². The van der Waals surface area contributed by atoms with Gasteiger partial charge in [0.05, 0.1) is 5.75 Å². The maximum absolute atomic E-state index is 12.8. The Hall–Kier alpha value is -2.80. The van der Waals surface area contributed by atoms with Gasteiger partial charge in [-0.25, -0.2) is 0 Å². The number of ether oxygens (including phenoxy) is 1. The summed E-state index contributed by atoms with van der Waals surface area (Å²) in [6.45, 7) is 9.96. The summed E-state index contributed by atoms with van der Waals surface area (Å²) in [6, 6.07) is 14.6. The van der Waals surface area contributed by atoms with Gasteiger partial charge in [0, 0.05) is 31.6 Å². The number of para-hydroxylation sites is 1. The standard InChI is InChI=1S/C26H32N4O2S/c1-18(2)21-8-10-22(11-9-21)30-17-27-28-26(30)33-16-24(31)29-14-12-23(13-15-29)32-25-19(3)6-5-7-20(25)4/h5-11,17-18,23H,12-16H2,1-4H3. The highest BCUT2D eigenvalue weighted by molar-refractivity contribution is 7.99. The summed E-state index contributed by atoms with van der Waals surface area (Å²) in [5.41, 5.74) is 4.62. The van der Waals surface area contributed by atoms with E-state index in [0.29, 0.717) is 11.7 Å². The first-order valence-electron chi connectivity index (χ1n) is 11.6. The summed E-state index contributed by atoms with van der Waals surface area (Å²) in [5.74, 6) is 1.96. The smallest absolute Gasteiger partial charge is 0.233 e. The fraction of sp³-hybridized carbons (Fsp3) is 0.423. The quantitative estimate of drug-likeness (QED) is 0.452. The molecule has 3 aromatic rings. The van der Waals surface area contributed by atoms with E-state index in [1.54, 1.807) is 6.33 Å². The Labute approximate surface area is 200 Å². The van der Waals surface area contributed by atoms with Crippen molar-refractivity contribution in [2.75, 3.05) is 18.8 Å². The maximum atomic E-state index is 12.8. The zero-order valence-corrected chi connectivity index (χ0v) is 20.6. The van der Waals surface area contributed by atoms with E-state index in [1.165, 1.54) is 17.3 Å². The molecule has 0 bridgehead atoms. The SMILES string of the molecule is Cc1cccc(C)c1OC1CCN(C(=O)CSc2nncn2-c2ccc(C(C)C)cc2)CC1. The van der Waals surface area contributed by atoms with Gasteiger partial charge in [-0.1, -0.05) is 55.9 Å². The Morgan fingerprint density at radius 1 is 1.09 bits per heavy atom. The molecule has 1 saturated heterocycles. The van der Waals surface area contributed by atoms with Crippen LogP contribution < -0.4 is 4.74 Å². The molecule has 0 atom stereocenters. The van der Waals surface area contributed by atoms with E-state index in [1.807, 2.05) is 9.47 Å². The number of amides is 1. The van der Waals surface area contributed by atoms with Crippen LogP contribution in [-0.2, 0) is 4.79 Å². The number of carbonyl (C=O) groups is 1. The average molecular weight is 465 g/mol. The largest absolute Gasteiger partial charge is 0.490 e. The van der Waals surface area contributed by atoms with Gasteiger partial charge in [-0.2, -0.15) is 0 Å². The van der Waals surface area contributed by atoms with Crippen LogP contribution in [0.2, 0.25) is 0 Å². The molecule has 1 amide bonds. The Morgan fingerprint density at radius 3 is 2.39 bits per heavy atom. The zero-order valence-electron chi connectivity index (χ0n) is 19.8. The molecule has 2 aromatic carbocycles. The molecule has 0 N–H and O–H groups in total. The summed E-state index contributed by atoms with van der Waals surface area (Å²) in [5, 5.41) is 9.02. The Morgan fingerprint density at radius 2 is 1.76 bits per heavy atom. The van der Waals surface area contributed by atoms with E-state index in [9.17, 15) is 4.79 Å². The van der Waals surface area contributed by atoms with Crippen molar-refractivity contribution in [2.45, 2.75) is 57.7 Å².